The highest BCUT2D eigenvalue weighted by Gasteiger charge is 2.47. The Labute approximate surface area is 386 Å². The molecule has 1 aliphatic rings. The molecule has 0 aromatic carbocycles. The van der Waals surface area contributed by atoms with E-state index in [9.17, 15) is 63.0 Å². The van der Waals surface area contributed by atoms with Gasteiger partial charge in [0.15, 0.2) is 22.8 Å². The molecule has 1 fully saturated rings. The van der Waals surface area contributed by atoms with Crippen molar-refractivity contribution >= 4 is 69.1 Å². The van der Waals surface area contributed by atoms with E-state index in [2.05, 4.69) is 62.5 Å². The quantitative estimate of drug-likeness (QED) is 0.0327. The summed E-state index contributed by atoms with van der Waals surface area (Å²) in [5, 5.41) is 36.3. The molecule has 29 heteroatoms. The molecule has 2 aromatic heterocycles. The minimum atomic E-state index is -5.93. The number of phosphoric acid groups is 3. The first kappa shape index (κ1) is 57.6. The lowest BCUT2D eigenvalue weighted by atomic mass is 9.87. The van der Waals surface area contributed by atoms with Crippen LogP contribution in [0.3, 0.4) is 0 Å². The van der Waals surface area contributed by atoms with Crippen LogP contribution in [0, 0.1) is 5.41 Å². The molecule has 1 saturated heterocycles. The average Bonchev–Trinajstić information content (AvgIpc) is 3.79. The first-order valence-electron chi connectivity index (χ1n) is 21.3. The Hall–Kier alpha value is -2.74. The summed E-state index contributed by atoms with van der Waals surface area (Å²) in [7, 11) is -17.6. The van der Waals surface area contributed by atoms with Crippen molar-refractivity contribution in [1.29, 1.82) is 0 Å². The number of ether oxygens (including phenoxy) is 1. The number of nitrogens with two attached hydrogens (primary N) is 1. The number of rotatable bonds is 32. The standard InChI is InChI=1S/C37H64N7O18P3S/c1-4-5-6-7-8-9-10-11-12-13-14-15-25(45)20-28(47)66-19-18-39-27(46)16-17-40-35(50)32(49)37(2,3)22-59-65(56,57)62-64(54,55)58-21-26-31(61-63(51,52)53)30(48)36(60-26)44-24-43-29-33(38)41-23-42-34(29)44/h7-8,23-26,30-32,36,45,48-49H,4-6,9-22H2,1-3H3,(H,39,46)(H,40,50)(H,54,55)(H,56,57)(H2,38,41,42)(H2,51,52,53)/p-4/b8-7-/t25-,26+,30+,31+,32-,36+/m0/s1. The molecule has 2 unspecified atom stereocenters. The van der Waals surface area contributed by atoms with Crippen LogP contribution >= 0.6 is 35.2 Å². The molecule has 2 aromatic rings. The second-order valence-corrected chi connectivity index (χ2v) is 21.2. The van der Waals surface area contributed by atoms with Gasteiger partial charge >= 0.3 is 0 Å². The van der Waals surface area contributed by atoms with Crippen LogP contribution in [0.4, 0.5) is 5.82 Å². The van der Waals surface area contributed by atoms with E-state index in [4.69, 9.17) is 10.5 Å². The summed E-state index contributed by atoms with van der Waals surface area (Å²) in [6.07, 6.45) is 6.42. The molecule has 2 amide bonds. The fraction of sp³-hybridized carbons (Fsp3) is 0.730. The van der Waals surface area contributed by atoms with E-state index in [0.29, 0.717) is 6.42 Å². The molecule has 0 bridgehead atoms. The summed E-state index contributed by atoms with van der Waals surface area (Å²) < 4.78 is 60.7. The van der Waals surface area contributed by atoms with Crippen molar-refractivity contribution in [2.75, 3.05) is 37.8 Å². The second-order valence-electron chi connectivity index (χ2n) is 16.0. The van der Waals surface area contributed by atoms with Gasteiger partial charge in [-0.2, -0.15) is 0 Å². The number of carbonyl (C=O) groups excluding carboxylic acids is 3. The summed E-state index contributed by atoms with van der Waals surface area (Å²) in [5.74, 6) is -1.34. The van der Waals surface area contributed by atoms with E-state index in [1.807, 2.05) is 0 Å². The molecule has 0 saturated carbocycles. The zero-order valence-corrected chi connectivity index (χ0v) is 40.4. The SMILES string of the molecule is CCCC/C=C\CCCCCCC[C@H](O)CC(=O)SCCNC(=O)CCNC(=O)[C@H](O)C(C)(C)COP(=O)([O-])OP(=O)([O-])OC[C@H]1O[C@@H](n2cnc3c(N)ncnc32)[C@H](O)[C@@H]1OP(=O)([O-])[O-]. The second kappa shape index (κ2) is 27.4. The molecule has 0 spiro atoms. The maximum Gasteiger partial charge on any atom is 0.274 e. The van der Waals surface area contributed by atoms with Crippen molar-refractivity contribution in [1.82, 2.24) is 30.2 Å². The Morgan fingerprint density at radius 1 is 0.970 bits per heavy atom. The van der Waals surface area contributed by atoms with Crippen LogP contribution in [0.2, 0.25) is 0 Å². The lowest BCUT2D eigenvalue weighted by Gasteiger charge is -2.36. The van der Waals surface area contributed by atoms with Crippen LogP contribution in [0.1, 0.15) is 104 Å². The number of allylic oxidation sites excluding steroid dienone is 2. The van der Waals surface area contributed by atoms with Gasteiger partial charge in [-0.25, -0.2) is 19.3 Å². The summed E-state index contributed by atoms with van der Waals surface area (Å²) in [4.78, 5) is 96.8. The minimum Gasteiger partial charge on any atom is -0.790 e. The number of aliphatic hydroxyl groups is 3. The minimum absolute atomic E-state index is 0.00749. The van der Waals surface area contributed by atoms with Crippen molar-refractivity contribution in [2.24, 2.45) is 5.41 Å². The van der Waals surface area contributed by atoms with E-state index in [1.165, 1.54) is 26.7 Å². The molecule has 376 valence electrons. The van der Waals surface area contributed by atoms with Crippen LogP contribution in [-0.2, 0) is 50.7 Å². The van der Waals surface area contributed by atoms with Crippen molar-refractivity contribution in [3.63, 3.8) is 0 Å². The summed E-state index contributed by atoms with van der Waals surface area (Å²) in [6, 6.07) is 0. The first-order valence-corrected chi connectivity index (χ1v) is 26.6. The van der Waals surface area contributed by atoms with Gasteiger partial charge in [0.25, 0.3) is 15.6 Å². The first-order chi connectivity index (χ1) is 30.9. The number of amides is 2. The molecule has 25 nitrogen and oxygen atoms in total. The highest BCUT2D eigenvalue weighted by molar-refractivity contribution is 8.13. The van der Waals surface area contributed by atoms with Gasteiger partial charge in [-0.15, -0.1) is 0 Å². The maximum absolute atomic E-state index is 12.6. The van der Waals surface area contributed by atoms with Gasteiger partial charge in [0.05, 0.1) is 33.5 Å². The highest BCUT2D eigenvalue weighted by Crippen LogP contribution is 2.56. The molecule has 0 aliphatic carbocycles. The number of phosphoric ester groups is 3. The Kier molecular flexibility index (Phi) is 23.9. The molecule has 66 heavy (non-hydrogen) atoms. The van der Waals surface area contributed by atoms with Gasteiger partial charge in [-0.05, 0) is 25.7 Å². The van der Waals surface area contributed by atoms with Gasteiger partial charge in [0, 0.05) is 37.1 Å². The number of thioether (sulfide) groups is 1. The van der Waals surface area contributed by atoms with Crippen LogP contribution in [0.25, 0.3) is 11.2 Å². The summed E-state index contributed by atoms with van der Waals surface area (Å²) in [5.41, 5.74) is 4.06. The Morgan fingerprint density at radius 2 is 1.64 bits per heavy atom. The summed E-state index contributed by atoms with van der Waals surface area (Å²) in [6.45, 7) is 2.16. The van der Waals surface area contributed by atoms with E-state index >= 15 is 0 Å². The number of imidazole rings is 1. The monoisotopic (exact) mass is 1020 g/mol. The zero-order valence-electron chi connectivity index (χ0n) is 36.9. The average molecular weight is 1020 g/mol. The number of anilines is 1. The van der Waals surface area contributed by atoms with Crippen molar-refractivity contribution in [3.8, 4) is 0 Å². The third kappa shape index (κ3) is 20.5. The zero-order chi connectivity index (χ0) is 49.1. The number of nitrogens with zero attached hydrogens (tertiary/aromatic N) is 4. The highest BCUT2D eigenvalue weighted by atomic mass is 32.2. The topological polar surface area (TPSA) is 395 Å². The number of hydrogen-bond acceptors (Lipinski definition) is 23. The molecular weight excluding hydrogens is 955 g/mol. The molecular formula is C37H60N7O18P3S-4. The lowest BCUT2D eigenvalue weighted by molar-refractivity contribution is -0.347. The number of carbonyl (C=O) groups is 3. The third-order valence-electron chi connectivity index (χ3n) is 9.94. The third-order valence-corrected chi connectivity index (χ3v) is 13.9. The molecule has 0 radical (unpaired) electrons. The number of nitrogens with one attached hydrogen (secondary N) is 2. The molecule has 7 N–H and O–H groups in total. The van der Waals surface area contributed by atoms with Crippen molar-refractivity contribution in [2.45, 2.75) is 135 Å². The number of aromatic nitrogens is 4. The molecule has 3 heterocycles. The molecule has 3 rings (SSSR count). The smallest absolute Gasteiger partial charge is 0.274 e. The molecule has 8 atom stereocenters. The van der Waals surface area contributed by atoms with Crippen LogP contribution in [-0.4, -0.2) is 114 Å². The Balaban J connectivity index is 1.34. The van der Waals surface area contributed by atoms with E-state index in [0.717, 1.165) is 73.9 Å². The summed E-state index contributed by atoms with van der Waals surface area (Å²) >= 11 is 0.980. The largest absolute Gasteiger partial charge is 0.790 e. The predicted octanol–water partition coefficient (Wildman–Crippen LogP) is 0.365. The number of hydrogen-bond donors (Lipinski definition) is 6. The van der Waals surface area contributed by atoms with Crippen LogP contribution in [0.15, 0.2) is 24.8 Å². The normalized spacial score (nSPS) is 20.8. The van der Waals surface area contributed by atoms with Gasteiger partial charge in [-0.1, -0.05) is 83.2 Å². The Bertz CT molecular complexity index is 2040. The van der Waals surface area contributed by atoms with Gasteiger partial charge in [-0.3, -0.25) is 28.1 Å². The fourth-order valence-electron chi connectivity index (χ4n) is 6.36. The number of fused-ring (bicyclic) bond motifs is 1. The molecule has 1 aliphatic heterocycles. The van der Waals surface area contributed by atoms with Crippen LogP contribution < -0.4 is 35.9 Å². The number of aliphatic hydroxyl groups excluding tert-OH is 3. The fourth-order valence-corrected chi connectivity index (χ4v) is 9.83. The van der Waals surface area contributed by atoms with E-state index < -0.39 is 90.7 Å². The van der Waals surface area contributed by atoms with E-state index in [1.54, 1.807) is 0 Å². The number of nitrogen functional groups attached to an aromatic ring is 1. The number of unbranched alkanes of at least 4 members (excludes halogenated alkanes) is 7. The van der Waals surface area contributed by atoms with Gasteiger partial charge in [0.1, 0.15) is 36.3 Å². The lowest BCUT2D eigenvalue weighted by Crippen LogP contribution is -2.46. The maximum atomic E-state index is 12.6. The predicted molar refractivity (Wildman–Crippen MR) is 230 cm³/mol. The Morgan fingerprint density at radius 3 is 2.33 bits per heavy atom. The van der Waals surface area contributed by atoms with Crippen LogP contribution in [0.5, 0.6) is 0 Å². The van der Waals surface area contributed by atoms with Crippen molar-refractivity contribution < 1.29 is 85.6 Å². The van der Waals surface area contributed by atoms with Crippen molar-refractivity contribution in [3.05, 3.63) is 24.8 Å². The van der Waals surface area contributed by atoms with Gasteiger partial charge in [0.2, 0.25) is 11.8 Å². The van der Waals surface area contributed by atoms with Gasteiger partial charge < -0.3 is 74.1 Å². The van der Waals surface area contributed by atoms with E-state index in [-0.39, 0.29) is 53.8 Å².